The molecule has 0 aromatic heterocycles. The van der Waals surface area contributed by atoms with Crippen LogP contribution in [0.25, 0.3) is 0 Å². The highest BCUT2D eigenvalue weighted by molar-refractivity contribution is 5.39. The van der Waals surface area contributed by atoms with Crippen molar-refractivity contribution in [2.75, 3.05) is 0 Å². The number of hydrogen-bond acceptors (Lipinski definition) is 1. The SMILES string of the molecule is CC12Cc3ccccc3C(O)C1(C)C2. The van der Waals surface area contributed by atoms with Gasteiger partial charge >= 0.3 is 0 Å². The lowest BCUT2D eigenvalue weighted by Gasteiger charge is -2.32. The lowest BCUT2D eigenvalue weighted by Crippen LogP contribution is -2.25. The van der Waals surface area contributed by atoms with E-state index in [0.29, 0.717) is 5.41 Å². The van der Waals surface area contributed by atoms with Crippen LogP contribution in [0, 0.1) is 10.8 Å². The molecule has 0 aliphatic heterocycles. The van der Waals surface area contributed by atoms with Crippen LogP contribution in [0.5, 0.6) is 0 Å². The molecule has 1 fully saturated rings. The van der Waals surface area contributed by atoms with Gasteiger partial charge < -0.3 is 5.11 Å². The quantitative estimate of drug-likeness (QED) is 0.663. The molecule has 1 nitrogen and oxygen atoms in total. The summed E-state index contributed by atoms with van der Waals surface area (Å²) in [7, 11) is 0. The van der Waals surface area contributed by atoms with E-state index >= 15 is 0 Å². The summed E-state index contributed by atoms with van der Waals surface area (Å²) in [4.78, 5) is 0. The van der Waals surface area contributed by atoms with Gasteiger partial charge in [-0.3, -0.25) is 0 Å². The molecule has 3 atom stereocenters. The van der Waals surface area contributed by atoms with Crippen molar-refractivity contribution in [3.05, 3.63) is 35.4 Å². The molecule has 0 radical (unpaired) electrons. The van der Waals surface area contributed by atoms with E-state index in [9.17, 15) is 5.11 Å². The molecule has 1 heteroatoms. The summed E-state index contributed by atoms with van der Waals surface area (Å²) < 4.78 is 0. The molecule has 1 N–H and O–H groups in total. The van der Waals surface area contributed by atoms with Crippen LogP contribution >= 0.6 is 0 Å². The summed E-state index contributed by atoms with van der Waals surface area (Å²) >= 11 is 0. The maximum absolute atomic E-state index is 10.3. The lowest BCUT2D eigenvalue weighted by atomic mass is 9.76. The van der Waals surface area contributed by atoms with Gasteiger partial charge in [0, 0.05) is 5.41 Å². The van der Waals surface area contributed by atoms with Gasteiger partial charge in [-0.05, 0) is 29.4 Å². The molecule has 14 heavy (non-hydrogen) atoms. The van der Waals surface area contributed by atoms with Crippen molar-refractivity contribution in [1.29, 1.82) is 0 Å². The summed E-state index contributed by atoms with van der Waals surface area (Å²) in [6, 6.07) is 8.32. The highest BCUT2D eigenvalue weighted by Crippen LogP contribution is 2.73. The highest BCUT2D eigenvalue weighted by Gasteiger charge is 2.66. The third kappa shape index (κ3) is 0.795. The molecule has 1 aromatic carbocycles. The predicted molar refractivity (Wildman–Crippen MR) is 55.9 cm³/mol. The van der Waals surface area contributed by atoms with Crippen molar-refractivity contribution in [2.45, 2.75) is 32.8 Å². The standard InChI is InChI=1S/C13H16O/c1-12-7-9-5-3-4-6-10(9)11(14)13(12,2)8-12/h3-6,11,14H,7-8H2,1-2H3. The minimum Gasteiger partial charge on any atom is -0.388 e. The summed E-state index contributed by atoms with van der Waals surface area (Å²) in [6.45, 7) is 4.51. The zero-order chi connectivity index (χ0) is 9.97. The monoisotopic (exact) mass is 188 g/mol. The fourth-order valence-corrected chi connectivity index (χ4v) is 3.18. The molecule has 0 heterocycles. The fraction of sp³-hybridized carbons (Fsp3) is 0.538. The third-order valence-electron chi connectivity index (χ3n) is 4.54. The van der Waals surface area contributed by atoms with Crippen molar-refractivity contribution >= 4 is 0 Å². The Bertz CT molecular complexity index is 398. The first kappa shape index (κ1) is 8.49. The van der Waals surface area contributed by atoms with Crippen molar-refractivity contribution in [3.8, 4) is 0 Å². The zero-order valence-corrected chi connectivity index (χ0v) is 8.75. The Morgan fingerprint density at radius 1 is 1.29 bits per heavy atom. The molecule has 0 amide bonds. The van der Waals surface area contributed by atoms with E-state index < -0.39 is 0 Å². The van der Waals surface area contributed by atoms with Gasteiger partial charge in [0.2, 0.25) is 0 Å². The third-order valence-corrected chi connectivity index (χ3v) is 4.54. The van der Waals surface area contributed by atoms with Gasteiger partial charge in [0.15, 0.2) is 0 Å². The van der Waals surface area contributed by atoms with E-state index in [2.05, 4.69) is 32.0 Å². The van der Waals surface area contributed by atoms with E-state index in [0.717, 1.165) is 18.4 Å². The number of rotatable bonds is 0. The zero-order valence-electron chi connectivity index (χ0n) is 8.75. The minimum atomic E-state index is -0.252. The minimum absolute atomic E-state index is 0.140. The molecule has 3 unspecified atom stereocenters. The smallest absolute Gasteiger partial charge is 0.0851 e. The molecule has 74 valence electrons. The second-order valence-corrected chi connectivity index (χ2v) is 5.43. The topological polar surface area (TPSA) is 20.2 Å². The van der Waals surface area contributed by atoms with Crippen molar-refractivity contribution in [1.82, 2.24) is 0 Å². The van der Waals surface area contributed by atoms with Gasteiger partial charge in [0.1, 0.15) is 0 Å². The maximum Gasteiger partial charge on any atom is 0.0851 e. The summed E-state index contributed by atoms with van der Waals surface area (Å²) in [5, 5.41) is 10.3. The molecule has 0 spiro atoms. The number of aliphatic hydroxyl groups is 1. The van der Waals surface area contributed by atoms with Crippen LogP contribution < -0.4 is 0 Å². The molecule has 3 rings (SSSR count). The number of benzene rings is 1. The van der Waals surface area contributed by atoms with Crippen molar-refractivity contribution in [2.24, 2.45) is 10.8 Å². The maximum atomic E-state index is 10.3. The normalized spacial score (nSPS) is 44.1. The van der Waals surface area contributed by atoms with Crippen molar-refractivity contribution < 1.29 is 5.11 Å². The Morgan fingerprint density at radius 2 is 2.00 bits per heavy atom. The van der Waals surface area contributed by atoms with Gasteiger partial charge in [-0.15, -0.1) is 0 Å². The van der Waals surface area contributed by atoms with Gasteiger partial charge in [0.25, 0.3) is 0 Å². The Kier molecular flexibility index (Phi) is 1.35. The molecule has 0 bridgehead atoms. The Hall–Kier alpha value is -0.820. The molecule has 1 saturated carbocycles. The molecular formula is C13H16O. The predicted octanol–water partition coefficient (Wildman–Crippen LogP) is 2.69. The average Bonchev–Trinajstić information content (AvgIpc) is 2.70. The molecule has 2 aliphatic rings. The first-order valence-electron chi connectivity index (χ1n) is 5.33. The highest BCUT2D eigenvalue weighted by atomic mass is 16.3. The Labute approximate surface area is 84.8 Å². The lowest BCUT2D eigenvalue weighted by molar-refractivity contribution is 0.0679. The van der Waals surface area contributed by atoms with Crippen LogP contribution in [0.4, 0.5) is 0 Å². The van der Waals surface area contributed by atoms with Crippen LogP contribution in [-0.2, 0) is 6.42 Å². The molecule has 2 aliphatic carbocycles. The van der Waals surface area contributed by atoms with Crippen molar-refractivity contribution in [3.63, 3.8) is 0 Å². The number of fused-ring (bicyclic) bond motifs is 2. The Balaban J connectivity index is 2.15. The summed E-state index contributed by atoms with van der Waals surface area (Å²) in [5.41, 5.74) is 2.99. The molecule has 0 saturated heterocycles. The fourth-order valence-electron chi connectivity index (χ4n) is 3.18. The summed E-state index contributed by atoms with van der Waals surface area (Å²) in [5.74, 6) is 0. The Morgan fingerprint density at radius 3 is 2.79 bits per heavy atom. The molecule has 1 aromatic rings. The van der Waals surface area contributed by atoms with Gasteiger partial charge in [-0.2, -0.15) is 0 Å². The first-order valence-corrected chi connectivity index (χ1v) is 5.33. The van der Waals surface area contributed by atoms with E-state index in [1.807, 2.05) is 6.07 Å². The van der Waals surface area contributed by atoms with E-state index in [1.165, 1.54) is 5.56 Å². The van der Waals surface area contributed by atoms with Gasteiger partial charge in [0.05, 0.1) is 6.10 Å². The average molecular weight is 188 g/mol. The number of aliphatic hydroxyl groups excluding tert-OH is 1. The van der Waals surface area contributed by atoms with E-state index in [1.54, 1.807) is 0 Å². The van der Waals surface area contributed by atoms with Crippen LogP contribution in [0.1, 0.15) is 37.5 Å². The molecular weight excluding hydrogens is 172 g/mol. The van der Waals surface area contributed by atoms with Gasteiger partial charge in [-0.1, -0.05) is 38.1 Å². The van der Waals surface area contributed by atoms with Crippen LogP contribution in [0.15, 0.2) is 24.3 Å². The largest absolute Gasteiger partial charge is 0.388 e. The van der Waals surface area contributed by atoms with Crippen LogP contribution in [-0.4, -0.2) is 5.11 Å². The van der Waals surface area contributed by atoms with E-state index in [-0.39, 0.29) is 11.5 Å². The summed E-state index contributed by atoms with van der Waals surface area (Å²) in [6.07, 6.45) is 2.05. The van der Waals surface area contributed by atoms with Crippen LogP contribution in [0.3, 0.4) is 0 Å². The first-order chi connectivity index (χ1) is 6.57. The second-order valence-electron chi connectivity index (χ2n) is 5.43. The van der Waals surface area contributed by atoms with E-state index in [4.69, 9.17) is 0 Å². The number of hydrogen-bond donors (Lipinski definition) is 1. The second kappa shape index (κ2) is 2.22. The van der Waals surface area contributed by atoms with Gasteiger partial charge in [-0.25, -0.2) is 0 Å². The van der Waals surface area contributed by atoms with Crippen LogP contribution in [0.2, 0.25) is 0 Å².